The molecule has 2 aromatic carbocycles. The molecule has 0 fully saturated rings. The summed E-state index contributed by atoms with van der Waals surface area (Å²) in [6, 6.07) is 17.7. The molecule has 8 heteroatoms. The van der Waals surface area contributed by atoms with Crippen LogP contribution in [0.2, 0.25) is 0 Å². The maximum Gasteiger partial charge on any atom is 0.300 e. The molecule has 0 saturated heterocycles. The Bertz CT molecular complexity index is 1470. The predicted octanol–water partition coefficient (Wildman–Crippen LogP) is 5.22. The van der Waals surface area contributed by atoms with Crippen LogP contribution in [0.25, 0.3) is 10.9 Å². The van der Waals surface area contributed by atoms with Gasteiger partial charge in [0, 0.05) is 36.1 Å². The third-order valence-corrected chi connectivity index (χ3v) is 5.33. The fraction of sp³-hybridized carbons (Fsp3) is 0.172. The van der Waals surface area contributed by atoms with Crippen molar-refractivity contribution >= 4 is 34.2 Å². The summed E-state index contributed by atoms with van der Waals surface area (Å²) in [7, 11) is 1.51. The molecule has 0 atom stereocenters. The Morgan fingerprint density at radius 3 is 2.54 bits per heavy atom. The fourth-order valence-electron chi connectivity index (χ4n) is 3.62. The van der Waals surface area contributed by atoms with E-state index < -0.39 is 5.91 Å². The van der Waals surface area contributed by atoms with Crippen molar-refractivity contribution in [2.45, 2.75) is 19.8 Å². The summed E-state index contributed by atoms with van der Waals surface area (Å²) in [5, 5.41) is 6.28. The molecule has 0 saturated carbocycles. The highest BCUT2D eigenvalue weighted by Gasteiger charge is 2.10. The average molecular weight is 495 g/mol. The number of ether oxygens (including phenoxy) is 2. The Hall–Kier alpha value is -4.74. The number of pyridine rings is 2. The summed E-state index contributed by atoms with van der Waals surface area (Å²) in [6.07, 6.45) is 5.29. The molecule has 2 N–H and O–H groups in total. The predicted molar refractivity (Wildman–Crippen MR) is 143 cm³/mol. The highest BCUT2D eigenvalue weighted by Crippen LogP contribution is 2.31. The van der Waals surface area contributed by atoms with E-state index in [0.29, 0.717) is 39.5 Å². The molecule has 4 aromatic rings. The van der Waals surface area contributed by atoms with Crippen molar-refractivity contribution < 1.29 is 19.1 Å². The van der Waals surface area contributed by atoms with E-state index in [1.54, 1.807) is 60.9 Å². The minimum atomic E-state index is -0.441. The molecule has 0 aliphatic rings. The Morgan fingerprint density at radius 2 is 1.76 bits per heavy atom. The number of nitrogens with one attached hydrogen (secondary N) is 2. The summed E-state index contributed by atoms with van der Waals surface area (Å²) in [6.45, 7) is 2.28. The van der Waals surface area contributed by atoms with Gasteiger partial charge in [0.25, 0.3) is 11.8 Å². The quantitative estimate of drug-likeness (QED) is 0.326. The van der Waals surface area contributed by atoms with Crippen LogP contribution in [0.3, 0.4) is 0 Å². The summed E-state index contributed by atoms with van der Waals surface area (Å²) in [5.74, 6) is 6.01. The first-order valence-electron chi connectivity index (χ1n) is 11.8. The van der Waals surface area contributed by atoms with E-state index in [9.17, 15) is 9.59 Å². The lowest BCUT2D eigenvalue weighted by Gasteiger charge is -2.11. The number of amides is 2. The van der Waals surface area contributed by atoms with Crippen LogP contribution in [-0.4, -0.2) is 35.5 Å². The van der Waals surface area contributed by atoms with Gasteiger partial charge in [0.15, 0.2) is 0 Å². The average Bonchev–Trinajstić information content (AvgIpc) is 2.90. The van der Waals surface area contributed by atoms with Gasteiger partial charge in [-0.2, -0.15) is 0 Å². The van der Waals surface area contributed by atoms with E-state index in [0.717, 1.165) is 18.4 Å². The molecule has 0 aliphatic carbocycles. The van der Waals surface area contributed by atoms with E-state index in [-0.39, 0.29) is 12.5 Å². The Balaban J connectivity index is 1.47. The zero-order valence-electron chi connectivity index (χ0n) is 20.6. The van der Waals surface area contributed by atoms with Crippen LogP contribution in [0.5, 0.6) is 11.5 Å². The monoisotopic (exact) mass is 494 g/mol. The van der Waals surface area contributed by atoms with E-state index >= 15 is 0 Å². The molecule has 186 valence electrons. The lowest BCUT2D eigenvalue weighted by atomic mass is 10.1. The van der Waals surface area contributed by atoms with Crippen molar-refractivity contribution in [3.63, 3.8) is 0 Å². The van der Waals surface area contributed by atoms with Crippen LogP contribution in [0.15, 0.2) is 73.1 Å². The summed E-state index contributed by atoms with van der Waals surface area (Å²) < 4.78 is 10.9. The van der Waals surface area contributed by atoms with Crippen LogP contribution in [0, 0.1) is 11.8 Å². The van der Waals surface area contributed by atoms with Gasteiger partial charge in [-0.1, -0.05) is 19.3 Å². The standard InChI is InChI=1S/C29H26N4O4/c1-3-5-20-13-15-31-27(18-20)33-29(35)21-7-10-23(11-8-21)37-26-14-16-30-25-12-9-22(19-24(25)26)32-28(34)6-4-17-36-2/h7-16,18-19H,3,5,17H2,1-2H3,(H,32,34)(H,31,33,35). The smallest absolute Gasteiger partial charge is 0.300 e. The minimum Gasteiger partial charge on any atom is -0.457 e. The third kappa shape index (κ3) is 6.90. The highest BCUT2D eigenvalue weighted by atomic mass is 16.5. The molecule has 0 bridgehead atoms. The van der Waals surface area contributed by atoms with Crippen molar-refractivity contribution in [3.05, 3.63) is 84.2 Å². The van der Waals surface area contributed by atoms with Crippen LogP contribution in [0.4, 0.5) is 11.5 Å². The van der Waals surface area contributed by atoms with Gasteiger partial charge in [-0.3, -0.25) is 14.6 Å². The maximum atomic E-state index is 12.7. The number of methoxy groups -OCH3 is 1. The molecule has 4 rings (SSSR count). The first-order chi connectivity index (χ1) is 18.1. The molecule has 0 aliphatic heterocycles. The van der Waals surface area contributed by atoms with Crippen molar-refractivity contribution in [2.75, 3.05) is 24.4 Å². The van der Waals surface area contributed by atoms with Gasteiger partial charge < -0.3 is 20.1 Å². The molecule has 0 radical (unpaired) electrons. The zero-order chi connectivity index (χ0) is 26.0. The van der Waals surface area contributed by atoms with Gasteiger partial charge in [0.1, 0.15) is 23.9 Å². The molecular weight excluding hydrogens is 468 g/mol. The van der Waals surface area contributed by atoms with Crippen molar-refractivity contribution in [1.82, 2.24) is 9.97 Å². The molecule has 0 spiro atoms. The SMILES string of the molecule is CCCc1ccnc(NC(=O)c2ccc(Oc3ccnc4ccc(NC(=O)C#CCOC)cc34)cc2)c1. The second-order valence-electron chi connectivity index (χ2n) is 8.11. The zero-order valence-corrected chi connectivity index (χ0v) is 20.6. The first kappa shape index (κ1) is 25.4. The number of carbonyl (C=O) groups is 2. The van der Waals surface area contributed by atoms with Crippen LogP contribution < -0.4 is 15.4 Å². The molecular formula is C29H26N4O4. The van der Waals surface area contributed by atoms with Gasteiger partial charge in [-0.15, -0.1) is 0 Å². The fourth-order valence-corrected chi connectivity index (χ4v) is 3.62. The van der Waals surface area contributed by atoms with Gasteiger partial charge in [0.05, 0.1) is 5.52 Å². The Kier molecular flexibility index (Phi) is 8.42. The largest absolute Gasteiger partial charge is 0.457 e. The number of carbonyl (C=O) groups excluding carboxylic acids is 2. The second kappa shape index (κ2) is 12.3. The van der Waals surface area contributed by atoms with Gasteiger partial charge in [0.2, 0.25) is 0 Å². The van der Waals surface area contributed by atoms with Crippen molar-refractivity contribution in [2.24, 2.45) is 0 Å². The van der Waals surface area contributed by atoms with Crippen LogP contribution >= 0.6 is 0 Å². The highest BCUT2D eigenvalue weighted by molar-refractivity contribution is 6.05. The summed E-state index contributed by atoms with van der Waals surface area (Å²) in [4.78, 5) is 33.3. The summed E-state index contributed by atoms with van der Waals surface area (Å²) >= 11 is 0. The maximum absolute atomic E-state index is 12.7. The molecule has 0 unspecified atom stereocenters. The molecule has 37 heavy (non-hydrogen) atoms. The van der Waals surface area contributed by atoms with Gasteiger partial charge in [-0.05, 0) is 78.6 Å². The number of rotatable bonds is 8. The Labute approximate surface area is 215 Å². The lowest BCUT2D eigenvalue weighted by molar-refractivity contribution is -0.111. The second-order valence-corrected chi connectivity index (χ2v) is 8.11. The number of benzene rings is 2. The number of hydrogen-bond donors (Lipinski definition) is 2. The number of aryl methyl sites for hydroxylation is 1. The number of aromatic nitrogens is 2. The first-order valence-corrected chi connectivity index (χ1v) is 11.8. The van der Waals surface area contributed by atoms with E-state index in [2.05, 4.69) is 39.4 Å². The number of fused-ring (bicyclic) bond motifs is 1. The number of anilines is 2. The Morgan fingerprint density at radius 1 is 0.946 bits per heavy atom. The summed E-state index contributed by atoms with van der Waals surface area (Å²) in [5.41, 5.74) is 2.87. The molecule has 8 nitrogen and oxygen atoms in total. The van der Waals surface area contributed by atoms with Crippen molar-refractivity contribution in [1.29, 1.82) is 0 Å². The topological polar surface area (TPSA) is 102 Å². The van der Waals surface area contributed by atoms with E-state index in [1.165, 1.54) is 7.11 Å². The minimum absolute atomic E-state index is 0.177. The molecule has 2 aromatic heterocycles. The van der Waals surface area contributed by atoms with E-state index in [4.69, 9.17) is 9.47 Å². The molecule has 2 heterocycles. The van der Waals surface area contributed by atoms with Crippen LogP contribution in [0.1, 0.15) is 29.3 Å². The molecule has 2 amide bonds. The van der Waals surface area contributed by atoms with E-state index in [1.807, 2.05) is 12.1 Å². The third-order valence-electron chi connectivity index (χ3n) is 5.33. The van der Waals surface area contributed by atoms with Crippen LogP contribution in [-0.2, 0) is 16.0 Å². The van der Waals surface area contributed by atoms with Gasteiger partial charge in [-0.25, -0.2) is 4.98 Å². The van der Waals surface area contributed by atoms with Gasteiger partial charge >= 0.3 is 0 Å². The number of hydrogen-bond acceptors (Lipinski definition) is 6. The lowest BCUT2D eigenvalue weighted by Crippen LogP contribution is -2.13. The van der Waals surface area contributed by atoms with Crippen molar-refractivity contribution in [3.8, 4) is 23.3 Å². The number of nitrogens with zero attached hydrogens (tertiary/aromatic N) is 2. The normalized spacial score (nSPS) is 10.3.